The Hall–Kier alpha value is -1.31. The van der Waals surface area contributed by atoms with Gasteiger partial charge in [0.1, 0.15) is 12.6 Å². The van der Waals surface area contributed by atoms with Gasteiger partial charge in [-0.1, -0.05) is 45.0 Å². The lowest BCUT2D eigenvalue weighted by Gasteiger charge is -2.16. The summed E-state index contributed by atoms with van der Waals surface area (Å²) in [6.07, 6.45) is 0. The lowest BCUT2D eigenvalue weighted by Crippen LogP contribution is -2.20. The fourth-order valence-corrected chi connectivity index (χ4v) is 1.90. The largest absolute Gasteiger partial charge is 0.478 e. The van der Waals surface area contributed by atoms with Gasteiger partial charge in [-0.05, 0) is 18.1 Å². The van der Waals surface area contributed by atoms with E-state index < -0.39 is 0 Å². The molecule has 2 nitrogen and oxygen atoms in total. The van der Waals surface area contributed by atoms with Crippen LogP contribution in [0.2, 0.25) is 0 Å². The molecule has 0 fully saturated rings. The summed E-state index contributed by atoms with van der Waals surface area (Å²) in [5.74, 6) is 0.876. The third kappa shape index (κ3) is 2.11. The van der Waals surface area contributed by atoms with Crippen molar-refractivity contribution in [3.05, 3.63) is 35.4 Å². The minimum Gasteiger partial charge on any atom is -0.478 e. The minimum absolute atomic E-state index is 0.0113. The summed E-state index contributed by atoms with van der Waals surface area (Å²) >= 11 is 0. The van der Waals surface area contributed by atoms with E-state index in [9.17, 15) is 0 Å². The summed E-state index contributed by atoms with van der Waals surface area (Å²) in [7, 11) is 0. The standard InChI is InChI=1S/C14H19NO/c1-10-7-5-6-8-11(10)12-9-16-13(15-12)14(2,3)4/h5-8,12H,9H2,1-4H3. The lowest BCUT2D eigenvalue weighted by atomic mass is 9.96. The Morgan fingerprint density at radius 2 is 1.94 bits per heavy atom. The molecule has 2 heteroatoms. The van der Waals surface area contributed by atoms with E-state index in [0.717, 1.165) is 5.90 Å². The molecule has 0 N–H and O–H groups in total. The number of aryl methyl sites for hydroxylation is 1. The Morgan fingerprint density at radius 3 is 2.50 bits per heavy atom. The molecule has 1 heterocycles. The van der Waals surface area contributed by atoms with Crippen LogP contribution in [0.4, 0.5) is 0 Å². The Balaban J connectivity index is 2.27. The molecule has 1 aliphatic heterocycles. The highest BCUT2D eigenvalue weighted by Gasteiger charge is 2.29. The highest BCUT2D eigenvalue weighted by atomic mass is 16.5. The van der Waals surface area contributed by atoms with Crippen molar-refractivity contribution in [1.82, 2.24) is 0 Å². The highest BCUT2D eigenvalue weighted by molar-refractivity contribution is 5.83. The van der Waals surface area contributed by atoms with Gasteiger partial charge in [0, 0.05) is 5.41 Å². The zero-order valence-corrected chi connectivity index (χ0v) is 10.4. The van der Waals surface area contributed by atoms with Crippen LogP contribution in [0.25, 0.3) is 0 Å². The number of ether oxygens (including phenoxy) is 1. The Kier molecular flexibility index (Phi) is 2.75. The van der Waals surface area contributed by atoms with E-state index in [-0.39, 0.29) is 11.5 Å². The second-order valence-corrected chi connectivity index (χ2v) is 5.37. The molecule has 1 aromatic carbocycles. The zero-order chi connectivity index (χ0) is 11.8. The summed E-state index contributed by atoms with van der Waals surface area (Å²) in [6, 6.07) is 8.56. The van der Waals surface area contributed by atoms with Crippen LogP contribution in [0.3, 0.4) is 0 Å². The maximum absolute atomic E-state index is 5.69. The van der Waals surface area contributed by atoms with Crippen LogP contribution in [-0.4, -0.2) is 12.5 Å². The van der Waals surface area contributed by atoms with Gasteiger partial charge >= 0.3 is 0 Å². The van der Waals surface area contributed by atoms with Crippen molar-refractivity contribution < 1.29 is 4.74 Å². The van der Waals surface area contributed by atoms with Crippen LogP contribution in [0, 0.1) is 12.3 Å². The molecule has 0 spiro atoms. The normalized spacial score (nSPS) is 20.5. The predicted octanol–water partition coefficient (Wildman–Crippen LogP) is 3.51. The molecule has 0 bridgehead atoms. The van der Waals surface area contributed by atoms with Gasteiger partial charge in [-0.3, -0.25) is 0 Å². The van der Waals surface area contributed by atoms with Crippen molar-refractivity contribution in [3.63, 3.8) is 0 Å². The predicted molar refractivity (Wildman–Crippen MR) is 66.8 cm³/mol. The first-order valence-corrected chi connectivity index (χ1v) is 5.75. The van der Waals surface area contributed by atoms with E-state index in [4.69, 9.17) is 4.74 Å². The fourth-order valence-electron chi connectivity index (χ4n) is 1.90. The molecule has 16 heavy (non-hydrogen) atoms. The third-order valence-electron chi connectivity index (χ3n) is 2.84. The minimum atomic E-state index is 0.0113. The average Bonchev–Trinajstić information content (AvgIpc) is 2.66. The van der Waals surface area contributed by atoms with Gasteiger partial charge in [0.25, 0.3) is 0 Å². The Morgan fingerprint density at radius 1 is 1.25 bits per heavy atom. The molecule has 1 atom stereocenters. The molecule has 0 aromatic heterocycles. The van der Waals surface area contributed by atoms with Gasteiger partial charge < -0.3 is 4.74 Å². The Labute approximate surface area is 97.4 Å². The van der Waals surface area contributed by atoms with E-state index in [0.29, 0.717) is 6.61 Å². The van der Waals surface area contributed by atoms with E-state index in [1.807, 2.05) is 0 Å². The highest BCUT2D eigenvalue weighted by Crippen LogP contribution is 2.30. The van der Waals surface area contributed by atoms with E-state index in [2.05, 4.69) is 57.0 Å². The van der Waals surface area contributed by atoms with E-state index >= 15 is 0 Å². The molecule has 0 saturated heterocycles. The topological polar surface area (TPSA) is 21.6 Å². The van der Waals surface area contributed by atoms with Crippen molar-refractivity contribution in [2.45, 2.75) is 33.7 Å². The molecule has 0 radical (unpaired) electrons. The van der Waals surface area contributed by atoms with Crippen LogP contribution in [0.1, 0.15) is 37.9 Å². The molecule has 1 aromatic rings. The van der Waals surface area contributed by atoms with Crippen LogP contribution in [0.5, 0.6) is 0 Å². The smallest absolute Gasteiger partial charge is 0.189 e. The van der Waals surface area contributed by atoms with Gasteiger partial charge in [-0.2, -0.15) is 0 Å². The molecular formula is C14H19NO. The van der Waals surface area contributed by atoms with Crippen LogP contribution in [-0.2, 0) is 4.74 Å². The van der Waals surface area contributed by atoms with Crippen molar-refractivity contribution in [3.8, 4) is 0 Å². The first-order chi connectivity index (χ1) is 7.48. The van der Waals surface area contributed by atoms with E-state index in [1.165, 1.54) is 11.1 Å². The maximum Gasteiger partial charge on any atom is 0.189 e. The number of hydrogen-bond acceptors (Lipinski definition) is 2. The summed E-state index contributed by atoms with van der Waals surface area (Å²) in [6.45, 7) is 9.20. The number of benzene rings is 1. The first kappa shape index (κ1) is 11.2. The van der Waals surface area contributed by atoms with Crippen LogP contribution >= 0.6 is 0 Å². The summed E-state index contributed by atoms with van der Waals surface area (Å²) in [5.41, 5.74) is 2.58. The maximum atomic E-state index is 5.69. The molecule has 0 saturated carbocycles. The number of rotatable bonds is 1. The molecule has 0 aliphatic carbocycles. The molecule has 86 valence electrons. The SMILES string of the molecule is Cc1ccccc1C1COC(C(C)(C)C)=N1. The van der Waals surface area contributed by atoms with Crippen molar-refractivity contribution in [1.29, 1.82) is 0 Å². The summed E-state index contributed by atoms with van der Waals surface area (Å²) in [4.78, 5) is 4.68. The molecule has 1 unspecified atom stereocenters. The van der Waals surface area contributed by atoms with Crippen LogP contribution < -0.4 is 0 Å². The quantitative estimate of drug-likeness (QED) is 0.705. The first-order valence-electron chi connectivity index (χ1n) is 5.75. The van der Waals surface area contributed by atoms with Crippen molar-refractivity contribution >= 4 is 5.90 Å². The van der Waals surface area contributed by atoms with Crippen LogP contribution in [0.15, 0.2) is 29.3 Å². The van der Waals surface area contributed by atoms with Gasteiger partial charge in [-0.25, -0.2) is 4.99 Å². The zero-order valence-electron chi connectivity index (χ0n) is 10.4. The summed E-state index contributed by atoms with van der Waals surface area (Å²) in [5, 5.41) is 0. The summed E-state index contributed by atoms with van der Waals surface area (Å²) < 4.78 is 5.69. The second-order valence-electron chi connectivity index (χ2n) is 5.37. The molecule has 0 amide bonds. The molecule has 2 rings (SSSR count). The van der Waals surface area contributed by atoms with Gasteiger partial charge in [0.15, 0.2) is 5.90 Å². The fraction of sp³-hybridized carbons (Fsp3) is 0.500. The monoisotopic (exact) mass is 217 g/mol. The number of aliphatic imine (C=N–C) groups is 1. The van der Waals surface area contributed by atoms with Crippen molar-refractivity contribution in [2.24, 2.45) is 10.4 Å². The Bertz CT molecular complexity index is 415. The third-order valence-corrected chi connectivity index (χ3v) is 2.84. The average molecular weight is 217 g/mol. The molecular weight excluding hydrogens is 198 g/mol. The number of hydrogen-bond donors (Lipinski definition) is 0. The van der Waals surface area contributed by atoms with Gasteiger partial charge in [0.05, 0.1) is 0 Å². The van der Waals surface area contributed by atoms with Crippen molar-refractivity contribution in [2.75, 3.05) is 6.61 Å². The molecule has 1 aliphatic rings. The van der Waals surface area contributed by atoms with Gasteiger partial charge in [-0.15, -0.1) is 0 Å². The van der Waals surface area contributed by atoms with E-state index in [1.54, 1.807) is 0 Å². The van der Waals surface area contributed by atoms with Gasteiger partial charge in [0.2, 0.25) is 0 Å². The second kappa shape index (κ2) is 3.93. The number of nitrogens with zero attached hydrogens (tertiary/aromatic N) is 1. The lowest BCUT2D eigenvalue weighted by molar-refractivity contribution is 0.283.